The van der Waals surface area contributed by atoms with Crippen LogP contribution in [0.25, 0.3) is 10.1 Å². The Morgan fingerprint density at radius 3 is 2.60 bits per heavy atom. The van der Waals surface area contributed by atoms with Crippen molar-refractivity contribution in [3.8, 4) is 0 Å². The average Bonchev–Trinajstić information content (AvgIpc) is 2.94. The van der Waals surface area contributed by atoms with Gasteiger partial charge in [-0.1, -0.05) is 47.5 Å². The van der Waals surface area contributed by atoms with Crippen molar-refractivity contribution in [2.45, 2.75) is 0 Å². The lowest BCUT2D eigenvalue weighted by Crippen LogP contribution is -2.32. The highest BCUT2D eigenvalue weighted by atomic mass is 35.5. The number of anilines is 1. The molecule has 0 unspecified atom stereocenters. The summed E-state index contributed by atoms with van der Waals surface area (Å²) < 4.78 is 14.6. The van der Waals surface area contributed by atoms with Gasteiger partial charge in [-0.25, -0.2) is 4.39 Å². The molecule has 8 heteroatoms. The number of amides is 2. The van der Waals surface area contributed by atoms with E-state index in [1.807, 2.05) is 24.3 Å². The molecule has 0 fully saturated rings. The lowest BCUT2D eigenvalue weighted by atomic mass is 10.2. The molecule has 1 heterocycles. The van der Waals surface area contributed by atoms with Crippen LogP contribution in [0, 0.1) is 5.82 Å². The lowest BCUT2D eigenvalue weighted by molar-refractivity contribution is -0.115. The van der Waals surface area contributed by atoms with Gasteiger partial charge in [0.15, 0.2) is 5.82 Å². The molecule has 0 saturated carbocycles. The summed E-state index contributed by atoms with van der Waals surface area (Å²) in [4.78, 5) is 24.5. The first-order valence-electron chi connectivity index (χ1n) is 7.16. The summed E-state index contributed by atoms with van der Waals surface area (Å²) >= 11 is 13.1. The molecule has 0 aliphatic rings. The van der Waals surface area contributed by atoms with E-state index in [1.165, 1.54) is 29.5 Å². The van der Waals surface area contributed by atoms with Crippen molar-refractivity contribution in [2.24, 2.45) is 0 Å². The Hall–Kier alpha value is -2.15. The van der Waals surface area contributed by atoms with Crippen molar-refractivity contribution in [3.63, 3.8) is 0 Å². The quantitative estimate of drug-likeness (QED) is 0.670. The van der Waals surface area contributed by atoms with Crippen molar-refractivity contribution in [1.29, 1.82) is 0 Å². The average molecular weight is 397 g/mol. The standard InChI is InChI=1S/C17H11Cl2FN2O2S/c18-10-5-3-6-11(15(10)20)22-13(23)8-21-17(24)16-14(19)9-4-1-2-7-12(9)25-16/h1-7H,8H2,(H,21,24)(H,22,23). The third-order valence-electron chi connectivity index (χ3n) is 3.38. The number of thiophene rings is 1. The largest absolute Gasteiger partial charge is 0.342 e. The van der Waals surface area contributed by atoms with Crippen molar-refractivity contribution in [3.05, 3.63) is 63.2 Å². The molecule has 1 aromatic heterocycles. The second-order valence-corrected chi connectivity index (χ2v) is 6.91. The first-order chi connectivity index (χ1) is 12.0. The smallest absolute Gasteiger partial charge is 0.263 e. The Kier molecular flexibility index (Phi) is 5.22. The van der Waals surface area contributed by atoms with Gasteiger partial charge in [0.25, 0.3) is 5.91 Å². The number of fused-ring (bicyclic) bond motifs is 1. The molecule has 0 spiro atoms. The molecule has 4 nitrogen and oxygen atoms in total. The van der Waals surface area contributed by atoms with Crippen LogP contribution in [0.15, 0.2) is 42.5 Å². The number of carbonyl (C=O) groups excluding carboxylic acids is 2. The molecule has 25 heavy (non-hydrogen) atoms. The van der Waals surface area contributed by atoms with Gasteiger partial charge in [0.2, 0.25) is 5.91 Å². The highest BCUT2D eigenvalue weighted by molar-refractivity contribution is 7.21. The lowest BCUT2D eigenvalue weighted by Gasteiger charge is -2.08. The third-order valence-corrected chi connectivity index (χ3v) is 5.34. The van der Waals surface area contributed by atoms with E-state index in [1.54, 1.807) is 0 Å². The number of halogens is 3. The molecular weight excluding hydrogens is 386 g/mol. The van der Waals surface area contributed by atoms with Gasteiger partial charge in [-0.2, -0.15) is 0 Å². The molecule has 2 N–H and O–H groups in total. The van der Waals surface area contributed by atoms with Gasteiger partial charge in [0.1, 0.15) is 4.88 Å². The van der Waals surface area contributed by atoms with Crippen LogP contribution in [-0.4, -0.2) is 18.4 Å². The number of benzene rings is 2. The molecule has 2 aromatic carbocycles. The zero-order chi connectivity index (χ0) is 18.0. The van der Waals surface area contributed by atoms with Crippen LogP contribution in [0.3, 0.4) is 0 Å². The highest BCUT2D eigenvalue weighted by Crippen LogP contribution is 2.34. The Balaban J connectivity index is 1.66. The van der Waals surface area contributed by atoms with Crippen LogP contribution in [-0.2, 0) is 4.79 Å². The summed E-state index contributed by atoms with van der Waals surface area (Å²) in [6.07, 6.45) is 0. The summed E-state index contributed by atoms with van der Waals surface area (Å²) in [6.45, 7) is -0.324. The van der Waals surface area contributed by atoms with Crippen LogP contribution in [0.1, 0.15) is 9.67 Å². The predicted molar refractivity (Wildman–Crippen MR) is 99.2 cm³/mol. The maximum atomic E-state index is 13.7. The number of rotatable bonds is 4. The van der Waals surface area contributed by atoms with E-state index in [-0.39, 0.29) is 17.3 Å². The van der Waals surface area contributed by atoms with Gasteiger partial charge in [-0.05, 0) is 18.2 Å². The number of carbonyl (C=O) groups is 2. The van der Waals surface area contributed by atoms with Crippen molar-refractivity contribution in [2.75, 3.05) is 11.9 Å². The summed E-state index contributed by atoms with van der Waals surface area (Å²) in [5.41, 5.74) is -0.0494. The van der Waals surface area contributed by atoms with E-state index in [0.29, 0.717) is 9.90 Å². The topological polar surface area (TPSA) is 58.2 Å². The normalized spacial score (nSPS) is 10.7. The van der Waals surface area contributed by atoms with Gasteiger partial charge in [-0.3, -0.25) is 9.59 Å². The number of hydrogen-bond donors (Lipinski definition) is 2. The summed E-state index contributed by atoms with van der Waals surface area (Å²) in [7, 11) is 0. The van der Waals surface area contributed by atoms with Crippen molar-refractivity contribution < 1.29 is 14.0 Å². The van der Waals surface area contributed by atoms with Crippen LogP contribution in [0.2, 0.25) is 10.0 Å². The van der Waals surface area contributed by atoms with Crippen LogP contribution < -0.4 is 10.6 Å². The van der Waals surface area contributed by atoms with Gasteiger partial charge >= 0.3 is 0 Å². The maximum Gasteiger partial charge on any atom is 0.263 e. The number of hydrogen-bond acceptors (Lipinski definition) is 3. The van der Waals surface area contributed by atoms with Crippen molar-refractivity contribution >= 4 is 62.1 Å². The molecule has 2 amide bonds. The Labute approximate surface area is 156 Å². The molecule has 0 radical (unpaired) electrons. The molecule has 0 aliphatic heterocycles. The van der Waals surface area contributed by atoms with E-state index in [9.17, 15) is 14.0 Å². The van der Waals surface area contributed by atoms with Crippen LogP contribution >= 0.6 is 34.5 Å². The van der Waals surface area contributed by atoms with E-state index in [4.69, 9.17) is 23.2 Å². The third kappa shape index (κ3) is 3.76. The second-order valence-electron chi connectivity index (χ2n) is 5.07. The Morgan fingerprint density at radius 1 is 1.08 bits per heavy atom. The molecule has 3 aromatic rings. The van der Waals surface area contributed by atoms with E-state index >= 15 is 0 Å². The maximum absolute atomic E-state index is 13.7. The van der Waals surface area contributed by atoms with Gasteiger partial charge in [-0.15, -0.1) is 11.3 Å². The zero-order valence-corrected chi connectivity index (χ0v) is 14.9. The molecule has 0 bridgehead atoms. The van der Waals surface area contributed by atoms with Crippen molar-refractivity contribution in [1.82, 2.24) is 5.32 Å². The Morgan fingerprint density at radius 2 is 1.84 bits per heavy atom. The molecule has 128 valence electrons. The minimum atomic E-state index is -0.726. The minimum Gasteiger partial charge on any atom is -0.342 e. The predicted octanol–water partition coefficient (Wildman–Crippen LogP) is 4.72. The molecule has 3 rings (SSSR count). The Bertz CT molecular complexity index is 974. The van der Waals surface area contributed by atoms with Crippen LogP contribution in [0.5, 0.6) is 0 Å². The monoisotopic (exact) mass is 396 g/mol. The fraction of sp³-hybridized carbons (Fsp3) is 0.0588. The van der Waals surface area contributed by atoms with Gasteiger partial charge in [0.05, 0.1) is 22.3 Å². The SMILES string of the molecule is O=C(CNC(=O)c1sc2ccccc2c1Cl)Nc1cccc(Cl)c1F. The molecule has 0 aliphatic carbocycles. The van der Waals surface area contributed by atoms with Crippen LogP contribution in [0.4, 0.5) is 10.1 Å². The zero-order valence-electron chi connectivity index (χ0n) is 12.6. The highest BCUT2D eigenvalue weighted by Gasteiger charge is 2.18. The van der Waals surface area contributed by atoms with Gasteiger partial charge in [0, 0.05) is 10.1 Å². The molecular formula is C17H11Cl2FN2O2S. The first-order valence-corrected chi connectivity index (χ1v) is 8.73. The number of nitrogens with one attached hydrogen (secondary N) is 2. The minimum absolute atomic E-state index is 0.0494. The van der Waals surface area contributed by atoms with E-state index < -0.39 is 17.6 Å². The van der Waals surface area contributed by atoms with Gasteiger partial charge < -0.3 is 10.6 Å². The molecule has 0 atom stereocenters. The fourth-order valence-electron chi connectivity index (χ4n) is 2.20. The molecule has 0 saturated heterocycles. The van der Waals surface area contributed by atoms with E-state index in [2.05, 4.69) is 10.6 Å². The van der Waals surface area contributed by atoms with E-state index in [0.717, 1.165) is 10.1 Å². The second kappa shape index (κ2) is 7.39. The fourth-order valence-corrected chi connectivity index (χ4v) is 3.80. The summed E-state index contributed by atoms with van der Waals surface area (Å²) in [6, 6.07) is 11.6. The summed E-state index contributed by atoms with van der Waals surface area (Å²) in [5, 5.41) is 5.86. The summed E-state index contributed by atoms with van der Waals surface area (Å²) in [5.74, 6) is -1.77. The first kappa shape index (κ1) is 17.7.